The van der Waals surface area contributed by atoms with Crippen LogP contribution in [0, 0.1) is 5.82 Å². The van der Waals surface area contributed by atoms with Crippen LogP contribution in [0.3, 0.4) is 0 Å². The lowest BCUT2D eigenvalue weighted by molar-refractivity contribution is 0.0123. The molecule has 1 aromatic carbocycles. The Bertz CT molecular complexity index is 550. The average Bonchev–Trinajstić information content (AvgIpc) is 2.68. The first-order valence-electron chi connectivity index (χ1n) is 6.07. The molecule has 0 saturated carbocycles. The lowest BCUT2D eigenvalue weighted by Crippen LogP contribution is -2.22. The smallest absolute Gasteiger partial charge is 0.124 e. The Kier molecular flexibility index (Phi) is 2.59. The average molecular weight is 234 g/mol. The van der Waals surface area contributed by atoms with Crippen molar-refractivity contribution in [3.63, 3.8) is 0 Å². The zero-order valence-electron chi connectivity index (χ0n) is 9.82. The molecule has 1 aliphatic rings. The van der Waals surface area contributed by atoms with Gasteiger partial charge in [-0.3, -0.25) is 4.68 Å². The molecule has 4 heteroatoms. The summed E-state index contributed by atoms with van der Waals surface area (Å²) >= 11 is 0. The van der Waals surface area contributed by atoms with Crippen LogP contribution >= 0.6 is 0 Å². The molecule has 0 amide bonds. The third kappa shape index (κ3) is 1.72. The monoisotopic (exact) mass is 234 g/mol. The first kappa shape index (κ1) is 10.7. The van der Waals surface area contributed by atoms with Gasteiger partial charge in [0, 0.05) is 5.39 Å². The highest BCUT2D eigenvalue weighted by Crippen LogP contribution is 2.32. The van der Waals surface area contributed by atoms with E-state index in [2.05, 4.69) is 12.0 Å². The van der Waals surface area contributed by atoms with Gasteiger partial charge in [0.15, 0.2) is 0 Å². The van der Waals surface area contributed by atoms with Crippen molar-refractivity contribution in [2.24, 2.45) is 0 Å². The third-order valence-electron chi connectivity index (χ3n) is 3.22. The van der Waals surface area contributed by atoms with Gasteiger partial charge in [0.05, 0.1) is 30.5 Å². The Morgan fingerprint density at radius 3 is 3.24 bits per heavy atom. The van der Waals surface area contributed by atoms with Gasteiger partial charge in [0.2, 0.25) is 0 Å². The van der Waals surface area contributed by atoms with Gasteiger partial charge in [-0.1, -0.05) is 13.3 Å². The summed E-state index contributed by atoms with van der Waals surface area (Å²) in [6, 6.07) is 4.75. The van der Waals surface area contributed by atoms with E-state index in [1.54, 1.807) is 12.1 Å². The summed E-state index contributed by atoms with van der Waals surface area (Å²) in [7, 11) is 0. The van der Waals surface area contributed by atoms with E-state index in [-0.39, 0.29) is 11.9 Å². The second-order valence-electron chi connectivity index (χ2n) is 4.42. The standard InChI is InChI=1S/C13H15FN2O/c1-2-3-12-13-10-8-9(14)4-5-11(10)15-16(13)6-7-17-12/h4-5,8,12H,2-3,6-7H2,1H3. The minimum absolute atomic E-state index is 0.0561. The van der Waals surface area contributed by atoms with Crippen molar-refractivity contribution in [2.45, 2.75) is 32.4 Å². The van der Waals surface area contributed by atoms with Crippen LogP contribution in [0.1, 0.15) is 31.6 Å². The highest BCUT2D eigenvalue weighted by atomic mass is 19.1. The van der Waals surface area contributed by atoms with Crippen LogP contribution < -0.4 is 0 Å². The Labute approximate surface area is 99.2 Å². The summed E-state index contributed by atoms with van der Waals surface area (Å²) in [4.78, 5) is 0. The number of hydrogen-bond donors (Lipinski definition) is 0. The van der Waals surface area contributed by atoms with Crippen LogP contribution in [-0.2, 0) is 11.3 Å². The van der Waals surface area contributed by atoms with Crippen molar-refractivity contribution in [2.75, 3.05) is 6.61 Å². The van der Waals surface area contributed by atoms with E-state index in [4.69, 9.17) is 4.74 Å². The molecule has 3 rings (SSSR count). The molecule has 3 nitrogen and oxygen atoms in total. The molecule has 1 aromatic heterocycles. The maximum absolute atomic E-state index is 13.3. The van der Waals surface area contributed by atoms with Gasteiger partial charge in [0.25, 0.3) is 0 Å². The van der Waals surface area contributed by atoms with Gasteiger partial charge in [-0.2, -0.15) is 5.10 Å². The lowest BCUT2D eigenvalue weighted by atomic mass is 10.1. The maximum Gasteiger partial charge on any atom is 0.124 e. The van der Waals surface area contributed by atoms with Crippen LogP contribution in [0.15, 0.2) is 18.2 Å². The first-order valence-corrected chi connectivity index (χ1v) is 6.07. The van der Waals surface area contributed by atoms with E-state index < -0.39 is 0 Å². The van der Waals surface area contributed by atoms with E-state index in [0.717, 1.165) is 36.0 Å². The molecule has 0 spiro atoms. The molecular weight excluding hydrogens is 219 g/mol. The molecule has 1 aliphatic heterocycles. The minimum atomic E-state index is -0.214. The Hall–Kier alpha value is -1.42. The fraction of sp³-hybridized carbons (Fsp3) is 0.462. The van der Waals surface area contributed by atoms with Crippen molar-refractivity contribution < 1.29 is 9.13 Å². The number of halogens is 1. The van der Waals surface area contributed by atoms with Crippen LogP contribution in [0.5, 0.6) is 0 Å². The second kappa shape index (κ2) is 4.11. The molecule has 2 heterocycles. The molecule has 0 aliphatic carbocycles. The molecule has 1 atom stereocenters. The molecule has 0 saturated heterocycles. The third-order valence-corrected chi connectivity index (χ3v) is 3.22. The first-order chi connectivity index (χ1) is 8.29. The normalized spacial score (nSPS) is 19.5. The van der Waals surface area contributed by atoms with Gasteiger partial charge in [-0.05, 0) is 24.6 Å². The number of ether oxygens (including phenoxy) is 1. The molecule has 1 unspecified atom stereocenters. The van der Waals surface area contributed by atoms with Crippen molar-refractivity contribution in [1.82, 2.24) is 9.78 Å². The van der Waals surface area contributed by atoms with Crippen LogP contribution in [-0.4, -0.2) is 16.4 Å². The molecule has 17 heavy (non-hydrogen) atoms. The topological polar surface area (TPSA) is 27.1 Å². The summed E-state index contributed by atoms with van der Waals surface area (Å²) in [6.07, 6.45) is 2.06. The molecule has 2 aromatic rings. The van der Waals surface area contributed by atoms with E-state index in [9.17, 15) is 4.39 Å². The zero-order valence-corrected chi connectivity index (χ0v) is 9.82. The Morgan fingerprint density at radius 1 is 1.53 bits per heavy atom. The molecular formula is C13H15FN2O. The van der Waals surface area contributed by atoms with E-state index in [1.807, 2.05) is 4.68 Å². The molecule has 0 fully saturated rings. The fourth-order valence-electron chi connectivity index (χ4n) is 2.48. The summed E-state index contributed by atoms with van der Waals surface area (Å²) < 4.78 is 21.1. The minimum Gasteiger partial charge on any atom is -0.370 e. The Morgan fingerprint density at radius 2 is 2.41 bits per heavy atom. The number of rotatable bonds is 2. The van der Waals surface area contributed by atoms with E-state index in [1.165, 1.54) is 6.07 Å². The zero-order chi connectivity index (χ0) is 11.8. The van der Waals surface area contributed by atoms with Crippen LogP contribution in [0.4, 0.5) is 4.39 Å². The van der Waals surface area contributed by atoms with Gasteiger partial charge >= 0.3 is 0 Å². The van der Waals surface area contributed by atoms with Gasteiger partial charge in [-0.25, -0.2) is 4.39 Å². The maximum atomic E-state index is 13.3. The Balaban J connectivity index is 2.18. The van der Waals surface area contributed by atoms with Crippen LogP contribution in [0.2, 0.25) is 0 Å². The highest BCUT2D eigenvalue weighted by molar-refractivity contribution is 5.82. The number of aromatic nitrogens is 2. The predicted octanol–water partition coefficient (Wildman–Crippen LogP) is 3.05. The number of benzene rings is 1. The molecule has 90 valence electrons. The number of hydrogen-bond acceptors (Lipinski definition) is 2. The lowest BCUT2D eigenvalue weighted by Gasteiger charge is -2.24. The summed E-state index contributed by atoms with van der Waals surface area (Å²) in [5.74, 6) is -0.214. The van der Waals surface area contributed by atoms with Crippen molar-refractivity contribution in [3.05, 3.63) is 29.7 Å². The van der Waals surface area contributed by atoms with Crippen LogP contribution in [0.25, 0.3) is 10.9 Å². The SMILES string of the molecule is CCCC1OCCn2nc3ccc(F)cc3c21. The summed E-state index contributed by atoms with van der Waals surface area (Å²) in [5, 5.41) is 5.39. The van der Waals surface area contributed by atoms with Gasteiger partial charge in [-0.15, -0.1) is 0 Å². The second-order valence-corrected chi connectivity index (χ2v) is 4.42. The van der Waals surface area contributed by atoms with Crippen molar-refractivity contribution in [1.29, 1.82) is 0 Å². The van der Waals surface area contributed by atoms with Gasteiger partial charge < -0.3 is 4.74 Å². The van der Waals surface area contributed by atoms with Gasteiger partial charge in [0.1, 0.15) is 5.82 Å². The highest BCUT2D eigenvalue weighted by Gasteiger charge is 2.24. The number of fused-ring (bicyclic) bond motifs is 3. The molecule has 0 N–H and O–H groups in total. The van der Waals surface area contributed by atoms with E-state index in [0.29, 0.717) is 6.61 Å². The quantitative estimate of drug-likeness (QED) is 0.798. The van der Waals surface area contributed by atoms with Crippen molar-refractivity contribution in [3.8, 4) is 0 Å². The fourth-order valence-corrected chi connectivity index (χ4v) is 2.48. The van der Waals surface area contributed by atoms with Crippen molar-refractivity contribution >= 4 is 10.9 Å². The molecule has 0 radical (unpaired) electrons. The van der Waals surface area contributed by atoms with E-state index >= 15 is 0 Å². The largest absolute Gasteiger partial charge is 0.370 e. The summed E-state index contributed by atoms with van der Waals surface area (Å²) in [5.41, 5.74) is 1.89. The molecule has 0 bridgehead atoms. The predicted molar refractivity (Wildman–Crippen MR) is 63.3 cm³/mol. The number of nitrogens with zero attached hydrogens (tertiary/aromatic N) is 2. The summed E-state index contributed by atoms with van der Waals surface area (Å²) in [6.45, 7) is 3.57.